The Morgan fingerprint density at radius 3 is 2.70 bits per heavy atom. The molecule has 2 nitrogen and oxygen atoms in total. The number of thioether (sulfide) groups is 1. The Hall–Kier alpha value is -0.440. The van der Waals surface area contributed by atoms with E-state index in [1.807, 2.05) is 12.2 Å². The van der Waals surface area contributed by atoms with Gasteiger partial charge in [0.1, 0.15) is 5.25 Å². The molecule has 0 saturated heterocycles. The van der Waals surface area contributed by atoms with Crippen LogP contribution in [0.15, 0.2) is 12.2 Å². The minimum Gasteiger partial charge on any atom is -0.468 e. The zero-order chi connectivity index (χ0) is 7.56. The third kappa shape index (κ3) is 1.53. The summed E-state index contributed by atoms with van der Waals surface area (Å²) in [5.74, 6) is -0.148. The van der Waals surface area contributed by atoms with Crippen LogP contribution in [0.5, 0.6) is 0 Å². The number of methoxy groups -OCH3 is 1. The number of carbonyl (C=O) groups excluding carboxylic acids is 1. The van der Waals surface area contributed by atoms with Crippen LogP contribution in [0.4, 0.5) is 0 Å². The summed E-state index contributed by atoms with van der Waals surface area (Å²) < 4.78 is 4.57. The molecule has 0 saturated carbocycles. The fourth-order valence-electron chi connectivity index (χ4n) is 0.830. The number of rotatable bonds is 1. The maximum atomic E-state index is 10.9. The molecule has 0 aliphatic carbocycles. The third-order valence-electron chi connectivity index (χ3n) is 1.35. The number of hydrogen-bond donors (Lipinski definition) is 0. The Labute approximate surface area is 64.6 Å². The molecule has 1 aliphatic rings. The monoisotopic (exact) mass is 158 g/mol. The van der Waals surface area contributed by atoms with E-state index >= 15 is 0 Å². The summed E-state index contributed by atoms with van der Waals surface area (Å²) in [4.78, 5) is 10.9. The second-order valence-electron chi connectivity index (χ2n) is 2.17. The molecule has 1 heterocycles. The van der Waals surface area contributed by atoms with Gasteiger partial charge in [-0.25, -0.2) is 0 Å². The van der Waals surface area contributed by atoms with Crippen LogP contribution in [0, 0.1) is 0 Å². The van der Waals surface area contributed by atoms with E-state index in [0.717, 1.165) is 0 Å². The highest BCUT2D eigenvalue weighted by atomic mass is 32.2. The van der Waals surface area contributed by atoms with Gasteiger partial charge in [0.15, 0.2) is 0 Å². The Morgan fingerprint density at radius 1 is 1.60 bits per heavy atom. The summed E-state index contributed by atoms with van der Waals surface area (Å²) in [5, 5.41) is 0.379. The van der Waals surface area contributed by atoms with Gasteiger partial charge in [-0.15, -0.1) is 11.8 Å². The normalized spacial score (nSPS) is 30.6. The molecule has 0 fully saturated rings. The largest absolute Gasteiger partial charge is 0.468 e. The number of hydrogen-bond acceptors (Lipinski definition) is 3. The highest BCUT2D eigenvalue weighted by Gasteiger charge is 2.22. The average Bonchev–Trinajstić information content (AvgIpc) is 2.34. The lowest BCUT2D eigenvalue weighted by Crippen LogP contribution is -2.14. The van der Waals surface area contributed by atoms with Crippen molar-refractivity contribution < 1.29 is 9.53 Å². The summed E-state index contributed by atoms with van der Waals surface area (Å²) >= 11 is 1.61. The predicted molar refractivity (Wildman–Crippen MR) is 42.0 cm³/mol. The lowest BCUT2D eigenvalue weighted by Gasteiger charge is -2.04. The Bertz CT molecular complexity index is 165. The van der Waals surface area contributed by atoms with Crippen LogP contribution in [0.1, 0.15) is 6.92 Å². The fraction of sp³-hybridized carbons (Fsp3) is 0.571. The molecule has 3 heteroatoms. The molecule has 2 atom stereocenters. The minimum atomic E-state index is -0.148. The van der Waals surface area contributed by atoms with Crippen LogP contribution in [-0.4, -0.2) is 23.6 Å². The SMILES string of the molecule is COC(=O)[C@H]1C=C[C@H](C)S1. The maximum absolute atomic E-state index is 10.9. The van der Waals surface area contributed by atoms with Crippen molar-refractivity contribution in [1.29, 1.82) is 0 Å². The number of carbonyl (C=O) groups is 1. The van der Waals surface area contributed by atoms with Crippen LogP contribution < -0.4 is 0 Å². The van der Waals surface area contributed by atoms with Crippen molar-refractivity contribution in [3.8, 4) is 0 Å². The molecule has 1 aliphatic heterocycles. The van der Waals surface area contributed by atoms with E-state index in [4.69, 9.17) is 0 Å². The Morgan fingerprint density at radius 2 is 2.30 bits per heavy atom. The summed E-state index contributed by atoms with van der Waals surface area (Å²) in [6, 6.07) is 0. The molecule has 0 unspecified atom stereocenters. The molecule has 0 spiro atoms. The molecule has 0 amide bonds. The van der Waals surface area contributed by atoms with E-state index in [0.29, 0.717) is 5.25 Å². The van der Waals surface area contributed by atoms with E-state index in [2.05, 4.69) is 11.7 Å². The topological polar surface area (TPSA) is 26.3 Å². The van der Waals surface area contributed by atoms with Gasteiger partial charge in [-0.1, -0.05) is 12.2 Å². The van der Waals surface area contributed by atoms with Crippen LogP contribution in [0.25, 0.3) is 0 Å². The van der Waals surface area contributed by atoms with Gasteiger partial charge in [-0.2, -0.15) is 0 Å². The first kappa shape index (κ1) is 7.66. The van der Waals surface area contributed by atoms with Crippen LogP contribution in [0.2, 0.25) is 0 Å². The zero-order valence-corrected chi connectivity index (χ0v) is 6.85. The summed E-state index contributed by atoms with van der Waals surface area (Å²) in [5.41, 5.74) is 0. The number of ether oxygens (including phenoxy) is 1. The molecule has 56 valence electrons. The van der Waals surface area contributed by atoms with E-state index < -0.39 is 0 Å². The summed E-state index contributed by atoms with van der Waals surface area (Å²) in [7, 11) is 1.42. The third-order valence-corrected chi connectivity index (χ3v) is 2.58. The summed E-state index contributed by atoms with van der Waals surface area (Å²) in [6.45, 7) is 2.06. The molecule has 0 aromatic heterocycles. The van der Waals surface area contributed by atoms with Gasteiger partial charge in [0, 0.05) is 5.25 Å². The maximum Gasteiger partial charge on any atom is 0.322 e. The van der Waals surface area contributed by atoms with E-state index in [9.17, 15) is 4.79 Å². The predicted octanol–water partition coefficient (Wildman–Crippen LogP) is 1.22. The van der Waals surface area contributed by atoms with Crippen molar-refractivity contribution in [3.63, 3.8) is 0 Å². The molecule has 10 heavy (non-hydrogen) atoms. The lowest BCUT2D eigenvalue weighted by molar-refractivity contribution is -0.138. The molecule has 0 radical (unpaired) electrons. The zero-order valence-electron chi connectivity index (χ0n) is 6.03. The molecule has 0 aromatic carbocycles. The van der Waals surface area contributed by atoms with Crippen molar-refractivity contribution in [1.82, 2.24) is 0 Å². The lowest BCUT2D eigenvalue weighted by atomic mass is 10.3. The first-order chi connectivity index (χ1) is 4.74. The van der Waals surface area contributed by atoms with Crippen molar-refractivity contribution in [2.24, 2.45) is 0 Å². The first-order valence-corrected chi connectivity index (χ1v) is 4.10. The van der Waals surface area contributed by atoms with Crippen molar-refractivity contribution in [3.05, 3.63) is 12.2 Å². The molecule has 1 rings (SSSR count). The van der Waals surface area contributed by atoms with Gasteiger partial charge in [-0.05, 0) is 6.92 Å². The molecule has 0 aromatic rings. The Balaban J connectivity index is 2.46. The second kappa shape index (κ2) is 3.10. The van der Waals surface area contributed by atoms with Gasteiger partial charge in [0.25, 0.3) is 0 Å². The Kier molecular flexibility index (Phi) is 2.38. The van der Waals surface area contributed by atoms with Gasteiger partial charge >= 0.3 is 5.97 Å². The highest BCUT2D eigenvalue weighted by molar-refractivity contribution is 8.01. The number of esters is 1. The van der Waals surface area contributed by atoms with Gasteiger partial charge in [-0.3, -0.25) is 4.79 Å². The van der Waals surface area contributed by atoms with Crippen molar-refractivity contribution in [2.75, 3.05) is 7.11 Å². The van der Waals surface area contributed by atoms with E-state index in [-0.39, 0.29) is 11.2 Å². The smallest absolute Gasteiger partial charge is 0.322 e. The van der Waals surface area contributed by atoms with E-state index in [1.165, 1.54) is 7.11 Å². The molecular formula is C7H10O2S. The summed E-state index contributed by atoms with van der Waals surface area (Å²) in [6.07, 6.45) is 3.91. The van der Waals surface area contributed by atoms with Gasteiger partial charge < -0.3 is 4.74 Å². The molecule has 0 bridgehead atoms. The standard InChI is InChI=1S/C7H10O2S/c1-5-3-4-6(10-5)7(8)9-2/h3-6H,1-2H3/t5-,6+/m0/s1. The molecular weight excluding hydrogens is 148 g/mol. The fourth-order valence-corrected chi connectivity index (χ4v) is 1.86. The van der Waals surface area contributed by atoms with Crippen LogP contribution >= 0.6 is 11.8 Å². The van der Waals surface area contributed by atoms with Gasteiger partial charge in [0.05, 0.1) is 7.11 Å². The van der Waals surface area contributed by atoms with Crippen LogP contribution in [-0.2, 0) is 9.53 Å². The van der Waals surface area contributed by atoms with Crippen LogP contribution in [0.3, 0.4) is 0 Å². The van der Waals surface area contributed by atoms with Crippen molar-refractivity contribution in [2.45, 2.75) is 17.4 Å². The quantitative estimate of drug-likeness (QED) is 0.424. The minimum absolute atomic E-state index is 0.0694. The highest BCUT2D eigenvalue weighted by Crippen LogP contribution is 2.27. The first-order valence-electron chi connectivity index (χ1n) is 3.15. The average molecular weight is 158 g/mol. The second-order valence-corrected chi connectivity index (χ2v) is 3.69. The van der Waals surface area contributed by atoms with E-state index in [1.54, 1.807) is 11.8 Å². The van der Waals surface area contributed by atoms with Gasteiger partial charge in [0.2, 0.25) is 0 Å². The molecule has 0 N–H and O–H groups in total. The van der Waals surface area contributed by atoms with Crippen molar-refractivity contribution >= 4 is 17.7 Å².